The van der Waals surface area contributed by atoms with Crippen molar-refractivity contribution in [2.24, 2.45) is 0 Å². The van der Waals surface area contributed by atoms with E-state index in [0.717, 1.165) is 25.9 Å². The highest BCUT2D eigenvalue weighted by Crippen LogP contribution is 2.36. The number of rotatable bonds is 7. The Bertz CT molecular complexity index is 231. The Labute approximate surface area is 107 Å². The molecule has 0 amide bonds. The van der Waals surface area contributed by atoms with Gasteiger partial charge in [-0.15, -0.1) is 0 Å². The minimum Gasteiger partial charge on any atom is -0.466 e. The van der Waals surface area contributed by atoms with Gasteiger partial charge in [0.25, 0.3) is 0 Å². The van der Waals surface area contributed by atoms with E-state index in [1.807, 2.05) is 0 Å². The summed E-state index contributed by atoms with van der Waals surface area (Å²) in [5.41, 5.74) is 0. The molecule has 102 valence electrons. The fourth-order valence-corrected chi connectivity index (χ4v) is 2.23. The van der Waals surface area contributed by atoms with E-state index in [1.165, 1.54) is 6.92 Å². The van der Waals surface area contributed by atoms with Crippen molar-refractivity contribution >= 4 is 14.3 Å². The van der Waals surface area contributed by atoms with E-state index >= 15 is 0 Å². The quantitative estimate of drug-likeness (QED) is 0.397. The zero-order valence-corrected chi connectivity index (χ0v) is 13.3. The van der Waals surface area contributed by atoms with Crippen molar-refractivity contribution in [3.05, 3.63) is 0 Å². The average Bonchev–Trinajstić information content (AvgIpc) is 2.13. The molecule has 0 aromatic heterocycles. The molecule has 0 heterocycles. The number of unbranched alkanes of at least 4 members (excludes halogenated alkanes) is 2. The van der Waals surface area contributed by atoms with E-state index in [1.54, 1.807) is 0 Å². The smallest absolute Gasteiger partial charge is 0.302 e. The standard InChI is InChI=1S/C13H28O3Si/c1-12(14)15-10-8-7-9-11-16-17(5,6)13(2,3)4/h7-11H2,1-6H3. The maximum atomic E-state index is 10.5. The molecule has 0 saturated heterocycles. The molecular formula is C13H28O3Si. The number of carbonyl (C=O) groups is 1. The van der Waals surface area contributed by atoms with Crippen LogP contribution < -0.4 is 0 Å². The molecule has 0 atom stereocenters. The van der Waals surface area contributed by atoms with Crippen LogP contribution in [0.1, 0.15) is 47.0 Å². The molecule has 0 rings (SSSR count). The highest BCUT2D eigenvalue weighted by Gasteiger charge is 2.36. The fraction of sp³-hybridized carbons (Fsp3) is 0.923. The number of carbonyl (C=O) groups excluding carboxylic acids is 1. The second kappa shape index (κ2) is 7.16. The van der Waals surface area contributed by atoms with Crippen LogP contribution in [0.4, 0.5) is 0 Å². The maximum absolute atomic E-state index is 10.5. The van der Waals surface area contributed by atoms with Crippen LogP contribution in [0.5, 0.6) is 0 Å². The molecule has 0 N–H and O–H groups in total. The molecule has 0 aliphatic rings. The molecule has 0 aliphatic heterocycles. The van der Waals surface area contributed by atoms with Gasteiger partial charge in [-0.2, -0.15) is 0 Å². The van der Waals surface area contributed by atoms with Gasteiger partial charge in [0.2, 0.25) is 0 Å². The Kier molecular flexibility index (Phi) is 7.01. The van der Waals surface area contributed by atoms with Crippen molar-refractivity contribution in [2.45, 2.75) is 65.1 Å². The summed E-state index contributed by atoms with van der Waals surface area (Å²) < 4.78 is 10.9. The molecule has 0 spiro atoms. The second-order valence-corrected chi connectivity index (χ2v) is 10.8. The van der Waals surface area contributed by atoms with Crippen molar-refractivity contribution in [3.63, 3.8) is 0 Å². The molecule has 0 bridgehead atoms. The molecule has 0 fully saturated rings. The lowest BCUT2D eigenvalue weighted by atomic mass is 10.2. The first-order valence-corrected chi connectivity index (χ1v) is 9.35. The minimum absolute atomic E-state index is 0.192. The van der Waals surface area contributed by atoms with Crippen LogP contribution in [-0.4, -0.2) is 27.5 Å². The zero-order valence-electron chi connectivity index (χ0n) is 12.3. The van der Waals surface area contributed by atoms with E-state index in [9.17, 15) is 4.79 Å². The minimum atomic E-state index is -1.58. The Morgan fingerprint density at radius 3 is 2.06 bits per heavy atom. The van der Waals surface area contributed by atoms with Crippen molar-refractivity contribution in [1.29, 1.82) is 0 Å². The summed E-state index contributed by atoms with van der Waals surface area (Å²) in [5.74, 6) is -0.192. The molecule has 4 heteroatoms. The molecule has 0 unspecified atom stereocenters. The first-order chi connectivity index (χ1) is 7.67. The highest BCUT2D eigenvalue weighted by molar-refractivity contribution is 6.74. The lowest BCUT2D eigenvalue weighted by molar-refractivity contribution is -0.141. The third-order valence-electron chi connectivity index (χ3n) is 3.36. The zero-order chi connectivity index (χ0) is 13.5. The summed E-state index contributed by atoms with van der Waals surface area (Å²) in [6.07, 6.45) is 3.04. The van der Waals surface area contributed by atoms with Crippen LogP contribution in [0, 0.1) is 0 Å². The van der Waals surface area contributed by atoms with Crippen molar-refractivity contribution in [2.75, 3.05) is 13.2 Å². The average molecular weight is 260 g/mol. The van der Waals surface area contributed by atoms with Gasteiger partial charge < -0.3 is 9.16 Å². The second-order valence-electron chi connectivity index (χ2n) is 6.01. The molecule has 0 saturated carbocycles. The van der Waals surface area contributed by atoms with Gasteiger partial charge in [0.15, 0.2) is 8.32 Å². The Morgan fingerprint density at radius 1 is 1.06 bits per heavy atom. The Hall–Kier alpha value is -0.353. The van der Waals surface area contributed by atoms with Gasteiger partial charge in [0.05, 0.1) is 6.61 Å². The van der Waals surface area contributed by atoms with Gasteiger partial charge >= 0.3 is 5.97 Å². The van der Waals surface area contributed by atoms with Gasteiger partial charge in [-0.25, -0.2) is 0 Å². The normalized spacial score (nSPS) is 12.6. The summed E-state index contributed by atoms with van der Waals surface area (Å²) in [6.45, 7) is 14.1. The van der Waals surface area contributed by atoms with E-state index in [-0.39, 0.29) is 11.0 Å². The number of hydrogen-bond donors (Lipinski definition) is 0. The Morgan fingerprint density at radius 2 is 1.59 bits per heavy atom. The van der Waals surface area contributed by atoms with Gasteiger partial charge in [-0.3, -0.25) is 4.79 Å². The van der Waals surface area contributed by atoms with Crippen LogP contribution in [0.2, 0.25) is 18.1 Å². The van der Waals surface area contributed by atoms with Gasteiger partial charge in [-0.1, -0.05) is 20.8 Å². The van der Waals surface area contributed by atoms with Crippen LogP contribution in [0.3, 0.4) is 0 Å². The van der Waals surface area contributed by atoms with Crippen LogP contribution >= 0.6 is 0 Å². The Balaban J connectivity index is 3.55. The van der Waals surface area contributed by atoms with Crippen molar-refractivity contribution < 1.29 is 14.0 Å². The first-order valence-electron chi connectivity index (χ1n) is 6.44. The number of hydrogen-bond acceptors (Lipinski definition) is 3. The summed E-state index contributed by atoms with van der Waals surface area (Å²) in [4.78, 5) is 10.5. The summed E-state index contributed by atoms with van der Waals surface area (Å²) in [6, 6.07) is 0. The van der Waals surface area contributed by atoms with E-state index in [4.69, 9.17) is 9.16 Å². The SMILES string of the molecule is CC(=O)OCCCCCO[Si](C)(C)C(C)(C)C. The molecule has 0 radical (unpaired) electrons. The van der Waals surface area contributed by atoms with Gasteiger partial charge in [0.1, 0.15) is 0 Å². The summed E-state index contributed by atoms with van der Waals surface area (Å²) >= 11 is 0. The maximum Gasteiger partial charge on any atom is 0.302 e. The lowest BCUT2D eigenvalue weighted by Crippen LogP contribution is -2.40. The molecule has 3 nitrogen and oxygen atoms in total. The largest absolute Gasteiger partial charge is 0.466 e. The third kappa shape index (κ3) is 7.55. The van der Waals surface area contributed by atoms with Crippen molar-refractivity contribution in [3.8, 4) is 0 Å². The monoisotopic (exact) mass is 260 g/mol. The van der Waals surface area contributed by atoms with Crippen LogP contribution in [0.25, 0.3) is 0 Å². The van der Waals surface area contributed by atoms with Crippen LogP contribution in [-0.2, 0) is 14.0 Å². The molecular weight excluding hydrogens is 232 g/mol. The van der Waals surface area contributed by atoms with Crippen LogP contribution in [0.15, 0.2) is 0 Å². The van der Waals surface area contributed by atoms with E-state index in [0.29, 0.717) is 6.61 Å². The van der Waals surface area contributed by atoms with E-state index < -0.39 is 8.32 Å². The summed E-state index contributed by atoms with van der Waals surface area (Å²) in [5, 5.41) is 0.282. The molecule has 0 aromatic rings. The van der Waals surface area contributed by atoms with Crippen molar-refractivity contribution in [1.82, 2.24) is 0 Å². The summed E-state index contributed by atoms with van der Waals surface area (Å²) in [7, 11) is -1.58. The number of ether oxygens (including phenoxy) is 1. The predicted octanol–water partition coefficient (Wildman–Crippen LogP) is 3.74. The first kappa shape index (κ1) is 16.6. The fourth-order valence-electron chi connectivity index (χ4n) is 1.14. The molecule has 0 aromatic carbocycles. The van der Waals surface area contributed by atoms with E-state index in [2.05, 4.69) is 33.9 Å². The third-order valence-corrected chi connectivity index (χ3v) is 7.90. The number of esters is 1. The highest BCUT2D eigenvalue weighted by atomic mass is 28.4. The van der Waals surface area contributed by atoms with Gasteiger partial charge in [-0.05, 0) is 37.4 Å². The predicted molar refractivity (Wildman–Crippen MR) is 73.6 cm³/mol. The molecule has 17 heavy (non-hydrogen) atoms. The lowest BCUT2D eigenvalue weighted by Gasteiger charge is -2.36. The topological polar surface area (TPSA) is 35.5 Å². The molecule has 0 aliphatic carbocycles. The van der Waals surface area contributed by atoms with Gasteiger partial charge in [0, 0.05) is 13.5 Å².